The smallest absolute Gasteiger partial charge is 0.468 e. The summed E-state index contributed by atoms with van der Waals surface area (Å²) in [5.41, 5.74) is -7.34. The SMILES string of the molecule is O=C(OC(F)(C(F)(F)F)C(F)(F)S(=O)(=O)ON=C(c1ccc(OCCCOc2ccc(C(=NOS(=O)(=O)C(F)(F)C(F)(OC(=O)C3CCCCC3)C(F)(F)F)C(F)(F)F)cc2)cc1)C(F)(F)F)C1CCCCC1. The lowest BCUT2D eigenvalue weighted by atomic mass is 9.89. The van der Waals surface area contributed by atoms with Gasteiger partial charge in [-0.05, 0) is 74.2 Å². The third kappa shape index (κ3) is 13.7. The number of oxime groups is 2. The van der Waals surface area contributed by atoms with Crippen LogP contribution in [-0.2, 0) is 47.9 Å². The molecule has 0 N–H and O–H groups in total. The van der Waals surface area contributed by atoms with Crippen LogP contribution in [0.1, 0.15) is 81.8 Å². The van der Waals surface area contributed by atoms with Gasteiger partial charge < -0.3 is 18.9 Å². The number of halogens is 18. The molecule has 2 aliphatic rings. The third-order valence-electron chi connectivity index (χ3n) is 10.5. The molecule has 0 aliphatic heterocycles. The van der Waals surface area contributed by atoms with Crippen LogP contribution >= 0.6 is 0 Å². The first kappa shape index (κ1) is 60.1. The zero-order chi connectivity index (χ0) is 55.3. The van der Waals surface area contributed by atoms with Gasteiger partial charge in [-0.1, -0.05) is 48.8 Å². The summed E-state index contributed by atoms with van der Waals surface area (Å²) in [6, 6.07) is 4.77. The van der Waals surface area contributed by atoms with E-state index in [4.69, 9.17) is 9.47 Å². The number of benzene rings is 2. The van der Waals surface area contributed by atoms with Gasteiger partial charge in [-0.25, -0.2) is 0 Å². The predicted molar refractivity (Wildman–Crippen MR) is 209 cm³/mol. The first-order valence-corrected chi connectivity index (χ1v) is 23.5. The van der Waals surface area contributed by atoms with Crippen LogP contribution in [0.15, 0.2) is 58.8 Å². The van der Waals surface area contributed by atoms with Gasteiger partial charge in [0.15, 0.2) is 11.4 Å². The van der Waals surface area contributed by atoms with Crippen molar-refractivity contribution in [2.75, 3.05) is 13.2 Å². The van der Waals surface area contributed by atoms with Crippen molar-refractivity contribution in [3.05, 3.63) is 59.7 Å². The zero-order valence-electron chi connectivity index (χ0n) is 36.4. The van der Waals surface area contributed by atoms with Gasteiger partial charge in [0.05, 0.1) is 25.0 Å². The fraction of sp³-hybridized carbons (Fsp3) is 0.590. The minimum atomic E-state index is -7.50. The minimum Gasteiger partial charge on any atom is -0.493 e. The normalized spacial score (nSPS) is 18.5. The Morgan fingerprint density at radius 3 is 1.01 bits per heavy atom. The summed E-state index contributed by atoms with van der Waals surface area (Å²) < 4.78 is 327. The van der Waals surface area contributed by atoms with Crippen molar-refractivity contribution >= 4 is 43.6 Å². The molecule has 2 aromatic carbocycles. The van der Waals surface area contributed by atoms with Crippen molar-refractivity contribution in [2.45, 2.75) is 118 Å². The molecule has 34 heteroatoms. The highest BCUT2D eigenvalue weighted by Crippen LogP contribution is 2.52. The molecule has 0 aromatic heterocycles. The Morgan fingerprint density at radius 1 is 0.466 bits per heavy atom. The van der Waals surface area contributed by atoms with E-state index in [9.17, 15) is 96.7 Å². The van der Waals surface area contributed by atoms with Crippen LogP contribution in [0.25, 0.3) is 0 Å². The third-order valence-corrected chi connectivity index (χ3v) is 12.9. The summed E-state index contributed by atoms with van der Waals surface area (Å²) in [5, 5.41) is -9.85. The van der Waals surface area contributed by atoms with Gasteiger partial charge in [-0.15, -0.1) is 0 Å². The average Bonchev–Trinajstić information content (AvgIpc) is 3.28. The molecule has 2 atom stereocenters. The lowest BCUT2D eigenvalue weighted by molar-refractivity contribution is -0.368. The van der Waals surface area contributed by atoms with E-state index >= 15 is 8.78 Å². The van der Waals surface area contributed by atoms with Crippen LogP contribution in [0.5, 0.6) is 11.5 Å². The lowest BCUT2D eigenvalue weighted by Gasteiger charge is -2.33. The first-order valence-electron chi connectivity index (χ1n) is 20.7. The van der Waals surface area contributed by atoms with E-state index in [1.54, 1.807) is 0 Å². The highest BCUT2D eigenvalue weighted by Gasteiger charge is 2.83. The van der Waals surface area contributed by atoms with Crippen LogP contribution in [0, 0.1) is 11.8 Å². The topological polar surface area (TPSA) is 183 Å². The Hall–Kier alpha value is -5.44. The van der Waals surface area contributed by atoms with E-state index in [1.807, 2.05) is 10.3 Å². The van der Waals surface area contributed by atoms with Crippen molar-refractivity contribution in [3.8, 4) is 11.5 Å². The summed E-state index contributed by atoms with van der Waals surface area (Å²) >= 11 is 0. The Labute approximate surface area is 400 Å². The maximum atomic E-state index is 15.0. The fourth-order valence-corrected chi connectivity index (χ4v) is 8.16. The number of nitrogens with zero attached hydrogens (tertiary/aromatic N) is 2. The first-order chi connectivity index (χ1) is 33.3. The number of alkyl halides is 18. The molecule has 14 nitrogen and oxygen atoms in total. The second-order valence-electron chi connectivity index (χ2n) is 15.8. The van der Waals surface area contributed by atoms with Crippen LogP contribution in [0.4, 0.5) is 79.0 Å². The summed E-state index contributed by atoms with van der Waals surface area (Å²) in [6.45, 7) is -0.779. The zero-order valence-corrected chi connectivity index (χ0v) is 38.0. The number of hydrogen-bond acceptors (Lipinski definition) is 14. The van der Waals surface area contributed by atoms with Crippen molar-refractivity contribution < 1.29 is 133 Å². The highest BCUT2D eigenvalue weighted by atomic mass is 32.2. The van der Waals surface area contributed by atoms with E-state index in [0.29, 0.717) is 37.1 Å². The molecule has 412 valence electrons. The number of hydrogen-bond donors (Lipinski definition) is 0. The number of ether oxygens (including phenoxy) is 4. The summed E-state index contributed by atoms with van der Waals surface area (Å²) in [7, 11) is -15.0. The van der Waals surface area contributed by atoms with Crippen molar-refractivity contribution in [1.29, 1.82) is 0 Å². The van der Waals surface area contributed by atoms with Gasteiger partial charge in [-0.2, -0.15) is 95.9 Å². The highest BCUT2D eigenvalue weighted by molar-refractivity contribution is 7.88. The van der Waals surface area contributed by atoms with E-state index < -0.39 is 113 Å². The molecule has 0 amide bonds. The van der Waals surface area contributed by atoms with Crippen LogP contribution in [0.2, 0.25) is 0 Å². The van der Waals surface area contributed by atoms with Gasteiger partial charge >= 0.3 is 79.1 Å². The van der Waals surface area contributed by atoms with Crippen LogP contribution < -0.4 is 9.47 Å². The molecule has 0 saturated heterocycles. The van der Waals surface area contributed by atoms with Crippen LogP contribution in [0.3, 0.4) is 0 Å². The van der Waals surface area contributed by atoms with Gasteiger partial charge in [-0.3, -0.25) is 18.2 Å². The molecule has 0 spiro atoms. The second-order valence-corrected chi connectivity index (χ2v) is 18.9. The van der Waals surface area contributed by atoms with Crippen molar-refractivity contribution in [2.24, 2.45) is 22.1 Å². The lowest BCUT2D eigenvalue weighted by Crippen LogP contribution is -2.62. The summed E-state index contributed by atoms with van der Waals surface area (Å²) in [6.07, 6.45) is -25.1. The molecule has 2 aromatic rings. The molecule has 0 bridgehead atoms. The molecule has 2 saturated carbocycles. The standard InChI is InChI=1S/C39H36F18N2O12S2/c40-32(41,42)28(58-70-72(62,63)38(54,55)34(46,36(48,49)50)68-30(60)24-8-3-1-4-9-24)22-12-16-26(17-13-22)66-20-7-21-67-27-18-14-23(15-19-27)29(33(43,44)45)59-71-73(64,65)39(56,57)35(47,37(51,52)53)69-31(61)25-10-5-2-6-11-25/h12-19,24-25H,1-11,20-21H2. The second kappa shape index (κ2) is 22.2. The number of esters is 2. The van der Waals surface area contributed by atoms with E-state index in [2.05, 4.69) is 18.0 Å². The van der Waals surface area contributed by atoms with E-state index in [-0.39, 0.29) is 82.5 Å². The Balaban J connectivity index is 1.39. The monoisotopic (exact) mass is 1130 g/mol. The summed E-state index contributed by atoms with van der Waals surface area (Å²) in [5.74, 6) is -21.4. The van der Waals surface area contributed by atoms with Gasteiger partial charge in [0.1, 0.15) is 11.5 Å². The molecule has 2 aliphatic carbocycles. The van der Waals surface area contributed by atoms with Gasteiger partial charge in [0.25, 0.3) is 0 Å². The average molecular weight is 1130 g/mol. The van der Waals surface area contributed by atoms with Crippen molar-refractivity contribution in [3.63, 3.8) is 0 Å². The largest absolute Gasteiger partial charge is 0.493 e. The van der Waals surface area contributed by atoms with Gasteiger partial charge in [0.2, 0.25) is 0 Å². The van der Waals surface area contributed by atoms with Crippen molar-refractivity contribution in [1.82, 2.24) is 0 Å². The maximum Gasteiger partial charge on any atom is 0.468 e. The Morgan fingerprint density at radius 2 is 0.753 bits per heavy atom. The molecular formula is C39H36F18N2O12S2. The van der Waals surface area contributed by atoms with Gasteiger partial charge in [0, 0.05) is 17.5 Å². The molecule has 2 unspecified atom stereocenters. The molecule has 4 rings (SSSR count). The number of carbonyl (C=O) groups is 2. The molecular weight excluding hydrogens is 1090 g/mol. The Bertz CT molecular complexity index is 2350. The molecule has 2 fully saturated rings. The summed E-state index contributed by atoms with van der Waals surface area (Å²) in [4.78, 5) is 24.3. The fourth-order valence-electron chi connectivity index (χ4n) is 6.67. The Kier molecular flexibility index (Phi) is 18.3. The minimum absolute atomic E-state index is 0.165. The van der Waals surface area contributed by atoms with Crippen LogP contribution in [-0.4, -0.2) is 100 Å². The van der Waals surface area contributed by atoms with E-state index in [1.165, 1.54) is 0 Å². The van der Waals surface area contributed by atoms with E-state index in [0.717, 1.165) is 24.3 Å². The number of rotatable bonds is 20. The maximum absolute atomic E-state index is 15.0. The molecule has 0 heterocycles. The number of carbonyl (C=O) groups excluding carboxylic acids is 2. The molecule has 73 heavy (non-hydrogen) atoms. The quantitative estimate of drug-likeness (QED) is 0.0403. The molecule has 0 radical (unpaired) electrons. The predicted octanol–water partition coefficient (Wildman–Crippen LogP) is 10.6.